The molecule has 0 fully saturated rings. The molecule has 0 radical (unpaired) electrons. The second-order valence-corrected chi connectivity index (χ2v) is 6.21. The number of methoxy groups -OCH3 is 1. The number of para-hydroxylation sites is 2. The summed E-state index contributed by atoms with van der Waals surface area (Å²) in [5.41, 5.74) is 3.14. The van der Waals surface area contributed by atoms with Crippen LogP contribution >= 0.6 is 12.2 Å². The molecule has 2 aromatic carbocycles. The largest absolute Gasteiger partial charge is 0.496 e. The Hall–Kier alpha value is -2.99. The van der Waals surface area contributed by atoms with Gasteiger partial charge in [-0.2, -0.15) is 0 Å². The summed E-state index contributed by atoms with van der Waals surface area (Å²) < 4.78 is 5.45. The highest BCUT2D eigenvalue weighted by Crippen LogP contribution is 2.31. The molecular weight excluding hydrogens is 348 g/mol. The van der Waals surface area contributed by atoms with Gasteiger partial charge < -0.3 is 14.7 Å². The van der Waals surface area contributed by atoms with Crippen molar-refractivity contribution in [3.05, 3.63) is 60.2 Å². The minimum absolute atomic E-state index is 0.167. The van der Waals surface area contributed by atoms with Gasteiger partial charge in [-0.3, -0.25) is 4.79 Å². The molecule has 0 aliphatic heterocycles. The van der Waals surface area contributed by atoms with Gasteiger partial charge >= 0.3 is 5.97 Å². The Bertz CT molecular complexity index is 988. The number of likely N-dealkylation sites (N-methyl/N-ethyl adjacent to an activating group) is 1. The maximum atomic E-state index is 11.1. The Morgan fingerprint density at radius 2 is 1.88 bits per heavy atom. The smallest absolute Gasteiger partial charge is 0.323 e. The summed E-state index contributed by atoms with van der Waals surface area (Å²) in [5.74, 6) is -0.218. The van der Waals surface area contributed by atoms with Crippen molar-refractivity contribution in [3.63, 3.8) is 0 Å². The number of carboxylic acids is 1. The van der Waals surface area contributed by atoms with Crippen LogP contribution in [-0.4, -0.2) is 46.7 Å². The van der Waals surface area contributed by atoms with Crippen molar-refractivity contribution < 1.29 is 14.6 Å². The van der Waals surface area contributed by atoms with E-state index in [-0.39, 0.29) is 6.54 Å². The lowest BCUT2D eigenvalue weighted by molar-refractivity contribution is -0.137. The minimum atomic E-state index is -0.932. The molecule has 0 unspecified atom stereocenters. The molecule has 26 heavy (non-hydrogen) atoms. The lowest BCUT2D eigenvalue weighted by Gasteiger charge is -2.20. The molecule has 0 spiro atoms. The number of hydrogen-bond acceptors (Lipinski definition) is 4. The molecule has 3 rings (SSSR count). The van der Waals surface area contributed by atoms with Gasteiger partial charge in [-0.15, -0.1) is 0 Å². The van der Waals surface area contributed by atoms with E-state index in [0.29, 0.717) is 10.7 Å². The lowest BCUT2D eigenvalue weighted by Crippen LogP contribution is -2.31. The summed E-state index contributed by atoms with van der Waals surface area (Å²) in [4.78, 5) is 17.8. The molecule has 1 N–H and O–H groups in total. The first-order valence-electron chi connectivity index (χ1n) is 8.01. The van der Waals surface area contributed by atoms with Crippen LogP contribution in [0.4, 0.5) is 0 Å². The Kier molecular flexibility index (Phi) is 5.14. The van der Waals surface area contributed by atoms with E-state index in [4.69, 9.17) is 27.0 Å². The maximum Gasteiger partial charge on any atom is 0.323 e. The van der Waals surface area contributed by atoms with Crippen molar-refractivity contribution in [2.75, 3.05) is 20.7 Å². The van der Waals surface area contributed by atoms with Crippen molar-refractivity contribution in [1.29, 1.82) is 0 Å². The fourth-order valence-corrected chi connectivity index (χ4v) is 3.06. The Morgan fingerprint density at radius 3 is 2.62 bits per heavy atom. The Morgan fingerprint density at radius 1 is 1.19 bits per heavy atom. The summed E-state index contributed by atoms with van der Waals surface area (Å²) >= 11 is 5.56. The molecule has 0 aliphatic carbocycles. The highest BCUT2D eigenvalue weighted by molar-refractivity contribution is 7.80. The Balaban J connectivity index is 2.19. The third-order valence-electron chi connectivity index (χ3n) is 4.05. The first-order valence-corrected chi connectivity index (χ1v) is 8.42. The molecule has 0 atom stereocenters. The van der Waals surface area contributed by atoms with E-state index < -0.39 is 5.97 Å². The van der Waals surface area contributed by atoms with E-state index >= 15 is 0 Å². The summed E-state index contributed by atoms with van der Waals surface area (Å²) in [6.07, 6.45) is 0. The third kappa shape index (κ3) is 3.50. The quantitative estimate of drug-likeness (QED) is 0.696. The number of aliphatic carboxylic acids is 1. The van der Waals surface area contributed by atoms with Crippen molar-refractivity contribution in [2.24, 2.45) is 0 Å². The van der Waals surface area contributed by atoms with Crippen LogP contribution in [0.5, 0.6) is 5.75 Å². The molecule has 0 saturated heterocycles. The van der Waals surface area contributed by atoms with Crippen molar-refractivity contribution in [3.8, 4) is 17.0 Å². The SMILES string of the molecule is COc1ccccc1-c1cc(C(=S)N(C)CC(=O)O)c2ccccc2n1. The topological polar surface area (TPSA) is 62.7 Å². The van der Waals surface area contributed by atoms with Gasteiger partial charge in [-0.05, 0) is 24.3 Å². The van der Waals surface area contributed by atoms with E-state index in [9.17, 15) is 4.79 Å². The van der Waals surface area contributed by atoms with E-state index in [1.807, 2.05) is 54.6 Å². The van der Waals surface area contributed by atoms with Gasteiger partial charge in [0.2, 0.25) is 0 Å². The number of nitrogens with zero attached hydrogens (tertiary/aromatic N) is 2. The third-order valence-corrected chi connectivity index (χ3v) is 4.58. The number of aromatic nitrogens is 1. The lowest BCUT2D eigenvalue weighted by atomic mass is 10.0. The molecule has 132 valence electrons. The number of carboxylic acid groups (broad SMARTS) is 1. The molecule has 1 heterocycles. The Labute approximate surface area is 156 Å². The van der Waals surface area contributed by atoms with Crippen LogP contribution in [0.25, 0.3) is 22.2 Å². The van der Waals surface area contributed by atoms with Crippen LogP contribution < -0.4 is 4.74 Å². The summed E-state index contributed by atoms with van der Waals surface area (Å²) in [5, 5.41) is 9.95. The fourth-order valence-electron chi connectivity index (χ4n) is 2.83. The molecular formula is C20H18N2O3S. The van der Waals surface area contributed by atoms with Crippen LogP contribution in [0.1, 0.15) is 5.56 Å². The zero-order chi connectivity index (χ0) is 18.7. The van der Waals surface area contributed by atoms with Crippen LogP contribution in [0.15, 0.2) is 54.6 Å². The number of rotatable bonds is 5. The number of fused-ring (bicyclic) bond motifs is 1. The molecule has 0 saturated carbocycles. The van der Waals surface area contributed by atoms with Crippen molar-refractivity contribution in [1.82, 2.24) is 9.88 Å². The second kappa shape index (κ2) is 7.49. The molecule has 0 aliphatic rings. The maximum absolute atomic E-state index is 11.1. The fraction of sp³-hybridized carbons (Fsp3) is 0.150. The van der Waals surface area contributed by atoms with Crippen LogP contribution in [0.3, 0.4) is 0 Å². The van der Waals surface area contributed by atoms with Gasteiger partial charge in [0.05, 0.1) is 18.3 Å². The zero-order valence-electron chi connectivity index (χ0n) is 14.5. The molecule has 0 amide bonds. The number of carbonyl (C=O) groups is 1. The summed E-state index contributed by atoms with van der Waals surface area (Å²) in [6, 6.07) is 17.2. The molecule has 0 bridgehead atoms. The van der Waals surface area contributed by atoms with E-state index in [1.165, 1.54) is 0 Å². The number of hydrogen-bond donors (Lipinski definition) is 1. The van der Waals surface area contributed by atoms with E-state index in [1.54, 1.807) is 19.1 Å². The number of thiocarbonyl (C=S) groups is 1. The molecule has 5 nitrogen and oxygen atoms in total. The molecule has 3 aromatic rings. The minimum Gasteiger partial charge on any atom is -0.496 e. The average Bonchev–Trinajstić information content (AvgIpc) is 2.65. The standard InChI is InChI=1S/C20H18N2O3S/c1-22(12-19(23)24)20(26)15-11-17(14-8-4-6-10-18(14)25-2)21-16-9-5-3-7-13(15)16/h3-11H,12H2,1-2H3,(H,23,24). The number of ether oxygens (including phenoxy) is 1. The zero-order valence-corrected chi connectivity index (χ0v) is 15.3. The van der Waals surface area contributed by atoms with E-state index in [2.05, 4.69) is 0 Å². The van der Waals surface area contributed by atoms with Crippen LogP contribution in [-0.2, 0) is 4.79 Å². The van der Waals surface area contributed by atoms with Gasteiger partial charge in [0.15, 0.2) is 0 Å². The summed E-state index contributed by atoms with van der Waals surface area (Å²) in [7, 11) is 3.29. The van der Waals surface area contributed by atoms with Crippen LogP contribution in [0.2, 0.25) is 0 Å². The number of benzene rings is 2. The first-order chi connectivity index (χ1) is 12.5. The predicted molar refractivity (Wildman–Crippen MR) is 106 cm³/mol. The first kappa shape index (κ1) is 17.8. The van der Waals surface area contributed by atoms with Crippen molar-refractivity contribution >= 4 is 34.1 Å². The van der Waals surface area contributed by atoms with E-state index in [0.717, 1.165) is 27.7 Å². The highest BCUT2D eigenvalue weighted by atomic mass is 32.1. The molecule has 1 aromatic heterocycles. The second-order valence-electron chi connectivity index (χ2n) is 5.83. The van der Waals surface area contributed by atoms with Gasteiger partial charge in [-0.1, -0.05) is 42.5 Å². The monoisotopic (exact) mass is 366 g/mol. The normalized spacial score (nSPS) is 10.5. The van der Waals surface area contributed by atoms with Gasteiger partial charge in [0.25, 0.3) is 0 Å². The van der Waals surface area contributed by atoms with Crippen LogP contribution in [0, 0.1) is 0 Å². The summed E-state index contributed by atoms with van der Waals surface area (Å²) in [6.45, 7) is -0.167. The molecule has 6 heteroatoms. The predicted octanol–water partition coefficient (Wildman–Crippen LogP) is 3.60. The van der Waals surface area contributed by atoms with Gasteiger partial charge in [0.1, 0.15) is 17.3 Å². The highest BCUT2D eigenvalue weighted by Gasteiger charge is 2.17. The average molecular weight is 366 g/mol. The number of pyridine rings is 1. The van der Waals surface area contributed by atoms with Gasteiger partial charge in [-0.25, -0.2) is 4.98 Å². The van der Waals surface area contributed by atoms with Crippen molar-refractivity contribution in [2.45, 2.75) is 0 Å². The van der Waals surface area contributed by atoms with Gasteiger partial charge in [0, 0.05) is 23.6 Å².